The third kappa shape index (κ3) is 3.27. The molecule has 6 heteroatoms. The second kappa shape index (κ2) is 6.47. The van der Waals surface area contributed by atoms with Gasteiger partial charge in [0.2, 0.25) is 0 Å². The maximum Gasteiger partial charge on any atom is 0.277 e. The number of hydrogen-bond acceptors (Lipinski definition) is 4. The Bertz CT molecular complexity index is 567. The van der Waals surface area contributed by atoms with Crippen LogP contribution in [0.2, 0.25) is 0 Å². The minimum Gasteiger partial charge on any atom is -0.309 e. The van der Waals surface area contributed by atoms with Crippen LogP contribution in [0.15, 0.2) is 29.1 Å². The molecule has 0 radical (unpaired) electrons. The second-order valence-electron chi connectivity index (χ2n) is 4.29. The highest BCUT2D eigenvalue weighted by atomic mass is 35.5. The number of rotatable bonds is 4. The van der Waals surface area contributed by atoms with E-state index in [1.54, 1.807) is 12.1 Å². The van der Waals surface area contributed by atoms with Gasteiger partial charge in [-0.2, -0.15) is 0 Å². The molecule has 2 rings (SSSR count). The topological polar surface area (TPSA) is 51.0 Å². The van der Waals surface area contributed by atoms with Crippen LogP contribution in [-0.2, 0) is 6.54 Å². The Balaban J connectivity index is 0.00000162. The Morgan fingerprint density at radius 1 is 1.28 bits per heavy atom. The Labute approximate surface area is 112 Å². The van der Waals surface area contributed by atoms with Crippen LogP contribution in [0.5, 0.6) is 0 Å². The van der Waals surface area contributed by atoms with E-state index in [2.05, 4.69) is 15.2 Å². The van der Waals surface area contributed by atoms with Gasteiger partial charge in [0.25, 0.3) is 5.56 Å². The van der Waals surface area contributed by atoms with Gasteiger partial charge in [-0.15, -0.1) is 17.5 Å². The lowest BCUT2D eigenvalue weighted by Gasteiger charge is -2.09. The van der Waals surface area contributed by atoms with Crippen LogP contribution in [0.4, 0.5) is 0 Å². The number of benzene rings is 1. The molecule has 5 nitrogen and oxygen atoms in total. The highest BCUT2D eigenvalue weighted by Gasteiger charge is 2.04. The summed E-state index contributed by atoms with van der Waals surface area (Å²) in [4.78, 5) is 14.1. The lowest BCUT2D eigenvalue weighted by molar-refractivity contribution is 0.375. The van der Waals surface area contributed by atoms with Crippen molar-refractivity contribution in [1.29, 1.82) is 0 Å². The summed E-state index contributed by atoms with van der Waals surface area (Å²) < 4.78 is 1.44. The zero-order valence-electron chi connectivity index (χ0n) is 10.5. The van der Waals surface area contributed by atoms with Crippen molar-refractivity contribution in [3.8, 4) is 0 Å². The molecule has 0 bridgehead atoms. The normalized spacial score (nSPS) is 10.6. The molecule has 0 N–H and O–H groups in total. The van der Waals surface area contributed by atoms with Gasteiger partial charge in [0.15, 0.2) is 0 Å². The van der Waals surface area contributed by atoms with Crippen molar-refractivity contribution in [2.45, 2.75) is 13.0 Å². The predicted octanol–water partition coefficient (Wildman–Crippen LogP) is 1.16. The Hall–Kier alpha value is -1.46. The average molecular weight is 269 g/mol. The lowest BCUT2D eigenvalue weighted by Crippen LogP contribution is -2.26. The summed E-state index contributed by atoms with van der Waals surface area (Å²) in [7, 11) is 4.02. The van der Waals surface area contributed by atoms with E-state index < -0.39 is 0 Å². The summed E-state index contributed by atoms with van der Waals surface area (Å²) in [6, 6.07) is 7.28. The molecular formula is C12H17ClN4O. The zero-order valence-corrected chi connectivity index (χ0v) is 11.4. The van der Waals surface area contributed by atoms with Crippen molar-refractivity contribution < 1.29 is 0 Å². The smallest absolute Gasteiger partial charge is 0.277 e. The molecule has 0 atom stereocenters. The molecule has 0 unspecified atom stereocenters. The number of aryl methyl sites for hydroxylation is 1. The van der Waals surface area contributed by atoms with Crippen LogP contribution < -0.4 is 5.56 Å². The van der Waals surface area contributed by atoms with Crippen LogP contribution in [0.1, 0.15) is 6.42 Å². The molecule has 0 spiro atoms. The first-order chi connectivity index (χ1) is 8.18. The van der Waals surface area contributed by atoms with E-state index in [0.717, 1.165) is 13.0 Å². The SMILES string of the molecule is CN(C)CCCn1nnc2ccccc2c1=O.Cl. The fourth-order valence-corrected chi connectivity index (χ4v) is 1.71. The number of halogens is 1. The van der Waals surface area contributed by atoms with Gasteiger partial charge in [-0.3, -0.25) is 4.79 Å². The van der Waals surface area contributed by atoms with Crippen molar-refractivity contribution >= 4 is 23.3 Å². The minimum absolute atomic E-state index is 0. The second-order valence-corrected chi connectivity index (χ2v) is 4.29. The molecule has 0 aliphatic rings. The molecule has 0 aliphatic carbocycles. The van der Waals surface area contributed by atoms with Crippen LogP contribution >= 0.6 is 12.4 Å². The Kier molecular flexibility index (Phi) is 5.25. The minimum atomic E-state index is -0.0608. The zero-order chi connectivity index (χ0) is 12.3. The monoisotopic (exact) mass is 268 g/mol. The number of fused-ring (bicyclic) bond motifs is 1. The van der Waals surface area contributed by atoms with E-state index in [1.807, 2.05) is 26.2 Å². The molecule has 0 saturated carbocycles. The van der Waals surface area contributed by atoms with Crippen molar-refractivity contribution in [2.24, 2.45) is 0 Å². The first-order valence-electron chi connectivity index (χ1n) is 5.66. The van der Waals surface area contributed by atoms with Gasteiger partial charge in [-0.1, -0.05) is 17.3 Å². The van der Waals surface area contributed by atoms with E-state index in [1.165, 1.54) is 4.68 Å². The van der Waals surface area contributed by atoms with E-state index in [-0.39, 0.29) is 18.0 Å². The molecule has 1 aromatic heterocycles. The molecule has 98 valence electrons. The molecule has 0 aliphatic heterocycles. The van der Waals surface area contributed by atoms with Crippen molar-refractivity contribution in [1.82, 2.24) is 19.9 Å². The molecule has 0 amide bonds. The standard InChI is InChI=1S/C12H16N4O.ClH/c1-15(2)8-5-9-16-12(17)10-6-3-4-7-11(10)13-14-16;/h3-4,6-7H,5,8-9H2,1-2H3;1H. The first kappa shape index (κ1) is 14.6. The van der Waals surface area contributed by atoms with Crippen LogP contribution in [0.25, 0.3) is 10.9 Å². The summed E-state index contributed by atoms with van der Waals surface area (Å²) in [5.74, 6) is 0. The molecular weight excluding hydrogens is 252 g/mol. The summed E-state index contributed by atoms with van der Waals surface area (Å²) in [6.45, 7) is 1.54. The van der Waals surface area contributed by atoms with E-state index in [4.69, 9.17) is 0 Å². The Morgan fingerprint density at radius 3 is 2.72 bits per heavy atom. The number of nitrogens with zero attached hydrogens (tertiary/aromatic N) is 4. The maximum atomic E-state index is 12.1. The fourth-order valence-electron chi connectivity index (χ4n) is 1.71. The highest BCUT2D eigenvalue weighted by Crippen LogP contribution is 2.03. The van der Waals surface area contributed by atoms with Crippen LogP contribution in [0, 0.1) is 0 Å². The predicted molar refractivity (Wildman–Crippen MR) is 74.2 cm³/mol. The van der Waals surface area contributed by atoms with E-state index >= 15 is 0 Å². The molecule has 2 aromatic rings. The third-order valence-corrected chi connectivity index (χ3v) is 2.60. The van der Waals surface area contributed by atoms with Crippen LogP contribution in [-0.4, -0.2) is 40.5 Å². The quantitative estimate of drug-likeness (QED) is 0.835. The summed E-state index contributed by atoms with van der Waals surface area (Å²) in [6.07, 6.45) is 0.889. The lowest BCUT2D eigenvalue weighted by atomic mass is 10.2. The Morgan fingerprint density at radius 2 is 2.00 bits per heavy atom. The largest absolute Gasteiger partial charge is 0.309 e. The fraction of sp³-hybridized carbons (Fsp3) is 0.417. The molecule has 0 saturated heterocycles. The maximum absolute atomic E-state index is 12.1. The van der Waals surface area contributed by atoms with Gasteiger partial charge in [-0.05, 0) is 39.2 Å². The van der Waals surface area contributed by atoms with Gasteiger partial charge in [-0.25, -0.2) is 4.68 Å². The van der Waals surface area contributed by atoms with Gasteiger partial charge in [0, 0.05) is 6.54 Å². The number of hydrogen-bond donors (Lipinski definition) is 0. The van der Waals surface area contributed by atoms with Crippen LogP contribution in [0.3, 0.4) is 0 Å². The molecule has 0 fully saturated rings. The summed E-state index contributed by atoms with van der Waals surface area (Å²) in [5, 5.41) is 8.61. The molecule has 1 heterocycles. The van der Waals surface area contributed by atoms with Gasteiger partial charge >= 0.3 is 0 Å². The summed E-state index contributed by atoms with van der Waals surface area (Å²) >= 11 is 0. The average Bonchev–Trinajstić information content (AvgIpc) is 2.32. The highest BCUT2D eigenvalue weighted by molar-refractivity contribution is 5.85. The van der Waals surface area contributed by atoms with Crippen molar-refractivity contribution in [3.05, 3.63) is 34.6 Å². The van der Waals surface area contributed by atoms with E-state index in [9.17, 15) is 4.79 Å². The van der Waals surface area contributed by atoms with Gasteiger partial charge in [0.1, 0.15) is 5.52 Å². The molecule has 18 heavy (non-hydrogen) atoms. The van der Waals surface area contributed by atoms with Gasteiger partial charge in [0.05, 0.1) is 5.39 Å². The van der Waals surface area contributed by atoms with Crippen molar-refractivity contribution in [3.63, 3.8) is 0 Å². The first-order valence-corrected chi connectivity index (χ1v) is 5.66. The number of aromatic nitrogens is 3. The van der Waals surface area contributed by atoms with Crippen molar-refractivity contribution in [2.75, 3.05) is 20.6 Å². The van der Waals surface area contributed by atoms with Gasteiger partial charge < -0.3 is 4.90 Å². The summed E-state index contributed by atoms with van der Waals surface area (Å²) in [5.41, 5.74) is 0.593. The van der Waals surface area contributed by atoms with E-state index in [0.29, 0.717) is 17.4 Å². The third-order valence-electron chi connectivity index (χ3n) is 2.60. The molecule has 1 aromatic carbocycles.